The van der Waals surface area contributed by atoms with Crippen LogP contribution < -0.4 is 11.1 Å². The van der Waals surface area contributed by atoms with Crippen molar-refractivity contribution in [2.45, 2.75) is 6.92 Å². The maximum absolute atomic E-state index is 5.83. The predicted molar refractivity (Wildman–Crippen MR) is 61.5 cm³/mol. The van der Waals surface area contributed by atoms with E-state index in [-0.39, 0.29) is 0 Å². The van der Waals surface area contributed by atoms with Crippen LogP contribution in [0, 0.1) is 6.92 Å². The number of nitrogens with one attached hydrogen (secondary N) is 1. The molecule has 0 bridgehead atoms. The molecule has 0 aliphatic rings. The number of anilines is 1. The Balaban J connectivity index is 2.75. The van der Waals surface area contributed by atoms with Crippen molar-refractivity contribution < 1.29 is 0 Å². The number of hydrogen-bond acceptors (Lipinski definition) is 2. The molecule has 0 amide bonds. The minimum atomic E-state index is 0.444. The lowest BCUT2D eigenvalue weighted by atomic mass is 10.2. The van der Waals surface area contributed by atoms with Gasteiger partial charge in [-0.15, -0.1) is 0 Å². The van der Waals surface area contributed by atoms with Crippen LogP contribution in [0.15, 0.2) is 18.2 Å². The van der Waals surface area contributed by atoms with E-state index in [9.17, 15) is 0 Å². The summed E-state index contributed by atoms with van der Waals surface area (Å²) < 4.78 is 0. The molecule has 0 aromatic heterocycles. The second-order valence-electron chi connectivity index (χ2n) is 2.78. The molecular formula is C9H11ClN2S. The van der Waals surface area contributed by atoms with Gasteiger partial charge in [0.1, 0.15) is 0 Å². The van der Waals surface area contributed by atoms with Crippen LogP contribution in [-0.2, 0) is 0 Å². The van der Waals surface area contributed by atoms with Crippen molar-refractivity contribution in [1.29, 1.82) is 0 Å². The smallest absolute Gasteiger partial charge is 0.0921 e. The highest BCUT2D eigenvalue weighted by Crippen LogP contribution is 2.19. The molecule has 2 nitrogen and oxygen atoms in total. The standard InChI is InChI=1S/C9H11ClN2S/c1-6-2-3-7(10)4-8(6)12-5-9(11)13/h2-4,12H,5H2,1H3,(H2,11,13). The van der Waals surface area contributed by atoms with Crippen LogP contribution in [0.1, 0.15) is 5.56 Å². The highest BCUT2D eigenvalue weighted by atomic mass is 35.5. The summed E-state index contributed by atoms with van der Waals surface area (Å²) in [5, 5.41) is 3.81. The van der Waals surface area contributed by atoms with Crippen molar-refractivity contribution in [3.8, 4) is 0 Å². The average Bonchev–Trinajstić information content (AvgIpc) is 2.06. The van der Waals surface area contributed by atoms with E-state index in [4.69, 9.17) is 29.6 Å². The summed E-state index contributed by atoms with van der Waals surface area (Å²) in [6.45, 7) is 2.49. The second kappa shape index (κ2) is 4.44. The number of thiocarbonyl (C=S) groups is 1. The van der Waals surface area contributed by atoms with Crippen molar-refractivity contribution in [3.63, 3.8) is 0 Å². The molecule has 0 aliphatic heterocycles. The molecular weight excluding hydrogens is 204 g/mol. The van der Waals surface area contributed by atoms with Crippen LogP contribution in [0.2, 0.25) is 5.02 Å². The van der Waals surface area contributed by atoms with E-state index in [2.05, 4.69) is 5.32 Å². The first-order valence-corrected chi connectivity index (χ1v) is 4.66. The molecule has 13 heavy (non-hydrogen) atoms. The molecule has 0 heterocycles. The Kier molecular flexibility index (Phi) is 3.51. The molecule has 0 saturated heterocycles. The zero-order valence-electron chi connectivity index (χ0n) is 7.30. The first kappa shape index (κ1) is 10.3. The van der Waals surface area contributed by atoms with Gasteiger partial charge < -0.3 is 11.1 Å². The van der Waals surface area contributed by atoms with Gasteiger partial charge in [0.25, 0.3) is 0 Å². The van der Waals surface area contributed by atoms with Gasteiger partial charge in [0.15, 0.2) is 0 Å². The van der Waals surface area contributed by atoms with Crippen molar-refractivity contribution in [2.24, 2.45) is 5.73 Å². The Labute approximate surface area is 88.1 Å². The van der Waals surface area contributed by atoms with Gasteiger partial charge in [-0.1, -0.05) is 29.9 Å². The molecule has 3 N–H and O–H groups in total. The Bertz CT molecular complexity index is 325. The quantitative estimate of drug-likeness (QED) is 0.759. The van der Waals surface area contributed by atoms with E-state index in [0.717, 1.165) is 11.3 Å². The van der Waals surface area contributed by atoms with Crippen molar-refractivity contribution >= 4 is 34.5 Å². The largest absolute Gasteiger partial charge is 0.392 e. The average molecular weight is 215 g/mol. The van der Waals surface area contributed by atoms with Crippen molar-refractivity contribution in [1.82, 2.24) is 0 Å². The number of hydrogen-bond donors (Lipinski definition) is 2. The number of aryl methyl sites for hydroxylation is 1. The molecule has 0 aliphatic carbocycles. The third kappa shape index (κ3) is 3.20. The van der Waals surface area contributed by atoms with Gasteiger partial charge in [-0.25, -0.2) is 0 Å². The number of benzene rings is 1. The van der Waals surface area contributed by atoms with Crippen LogP contribution in [-0.4, -0.2) is 11.5 Å². The number of nitrogens with two attached hydrogens (primary N) is 1. The van der Waals surface area contributed by atoms with Gasteiger partial charge >= 0.3 is 0 Å². The normalized spacial score (nSPS) is 9.69. The lowest BCUT2D eigenvalue weighted by Gasteiger charge is -2.08. The second-order valence-corrected chi connectivity index (χ2v) is 3.74. The minimum absolute atomic E-state index is 0.444. The van der Waals surface area contributed by atoms with E-state index in [0.29, 0.717) is 16.6 Å². The number of halogens is 1. The summed E-state index contributed by atoms with van der Waals surface area (Å²) in [6.07, 6.45) is 0. The van der Waals surface area contributed by atoms with Crippen LogP contribution in [0.5, 0.6) is 0 Å². The van der Waals surface area contributed by atoms with Gasteiger partial charge in [-0.3, -0.25) is 0 Å². The van der Waals surface area contributed by atoms with Crippen LogP contribution in [0.4, 0.5) is 5.69 Å². The third-order valence-electron chi connectivity index (χ3n) is 1.65. The fourth-order valence-electron chi connectivity index (χ4n) is 0.967. The van der Waals surface area contributed by atoms with Gasteiger partial charge in [-0.05, 0) is 24.6 Å². The summed E-state index contributed by atoms with van der Waals surface area (Å²) in [6, 6.07) is 5.65. The van der Waals surface area contributed by atoms with E-state index in [1.54, 1.807) is 0 Å². The van der Waals surface area contributed by atoms with E-state index >= 15 is 0 Å². The molecule has 4 heteroatoms. The summed E-state index contributed by atoms with van der Waals surface area (Å²) >= 11 is 10.6. The van der Waals surface area contributed by atoms with E-state index < -0.39 is 0 Å². The molecule has 0 fully saturated rings. The SMILES string of the molecule is Cc1ccc(Cl)cc1NCC(N)=S. The molecule has 0 unspecified atom stereocenters. The Morgan fingerprint density at radius 3 is 2.92 bits per heavy atom. The molecule has 0 saturated carbocycles. The predicted octanol–water partition coefficient (Wildman–Crippen LogP) is 2.35. The molecule has 0 spiro atoms. The molecule has 1 rings (SSSR count). The monoisotopic (exact) mass is 214 g/mol. The summed E-state index contributed by atoms with van der Waals surface area (Å²) in [7, 11) is 0. The van der Waals surface area contributed by atoms with Gasteiger partial charge in [-0.2, -0.15) is 0 Å². The lowest BCUT2D eigenvalue weighted by Crippen LogP contribution is -2.20. The summed E-state index contributed by atoms with van der Waals surface area (Å²) in [5.41, 5.74) is 7.46. The molecule has 0 atom stereocenters. The Morgan fingerprint density at radius 1 is 1.62 bits per heavy atom. The maximum Gasteiger partial charge on any atom is 0.0921 e. The minimum Gasteiger partial charge on any atom is -0.392 e. The first-order valence-electron chi connectivity index (χ1n) is 3.88. The molecule has 70 valence electrons. The van der Waals surface area contributed by atoms with Crippen LogP contribution in [0.3, 0.4) is 0 Å². The highest BCUT2D eigenvalue weighted by Gasteiger charge is 1.98. The maximum atomic E-state index is 5.83. The zero-order valence-corrected chi connectivity index (χ0v) is 8.88. The Hall–Kier alpha value is -0.800. The van der Waals surface area contributed by atoms with Gasteiger partial charge in [0.2, 0.25) is 0 Å². The van der Waals surface area contributed by atoms with E-state index in [1.165, 1.54) is 0 Å². The lowest BCUT2D eigenvalue weighted by molar-refractivity contribution is 1.34. The molecule has 1 aromatic carbocycles. The van der Waals surface area contributed by atoms with Gasteiger partial charge in [0, 0.05) is 10.7 Å². The number of rotatable bonds is 3. The highest BCUT2D eigenvalue weighted by molar-refractivity contribution is 7.80. The van der Waals surface area contributed by atoms with Crippen molar-refractivity contribution in [2.75, 3.05) is 11.9 Å². The van der Waals surface area contributed by atoms with E-state index in [1.807, 2.05) is 25.1 Å². The first-order chi connectivity index (χ1) is 6.09. The fraction of sp³-hybridized carbons (Fsp3) is 0.222. The third-order valence-corrected chi connectivity index (χ3v) is 2.03. The molecule has 1 aromatic rings. The molecule has 0 radical (unpaired) electrons. The summed E-state index contributed by atoms with van der Waals surface area (Å²) in [5.74, 6) is 0. The topological polar surface area (TPSA) is 38.0 Å². The van der Waals surface area contributed by atoms with Gasteiger partial charge in [0.05, 0.1) is 11.5 Å². The van der Waals surface area contributed by atoms with Crippen molar-refractivity contribution in [3.05, 3.63) is 28.8 Å². The zero-order chi connectivity index (χ0) is 9.84. The van der Waals surface area contributed by atoms with Crippen LogP contribution in [0.25, 0.3) is 0 Å². The fourth-order valence-corrected chi connectivity index (χ4v) is 1.21. The summed E-state index contributed by atoms with van der Waals surface area (Å²) in [4.78, 5) is 0.444. The van der Waals surface area contributed by atoms with Crippen LogP contribution >= 0.6 is 23.8 Å². The Morgan fingerprint density at radius 2 is 2.31 bits per heavy atom.